The minimum absolute atomic E-state index is 0.0967. The molecule has 1 amide bonds. The number of hydrogen-bond acceptors (Lipinski definition) is 4. The molecule has 0 fully saturated rings. The van der Waals surface area contributed by atoms with Crippen LogP contribution in [0.2, 0.25) is 0 Å². The summed E-state index contributed by atoms with van der Waals surface area (Å²) in [6.07, 6.45) is 0. The van der Waals surface area contributed by atoms with Crippen molar-refractivity contribution in [3.63, 3.8) is 0 Å². The van der Waals surface area contributed by atoms with Gasteiger partial charge in [-0.25, -0.2) is 9.97 Å². The molecule has 1 N–H and O–H groups in total. The van der Waals surface area contributed by atoms with Gasteiger partial charge in [0.2, 0.25) is 5.95 Å². The predicted octanol–water partition coefficient (Wildman–Crippen LogP) is 4.81. The predicted molar refractivity (Wildman–Crippen MR) is 113 cm³/mol. The highest BCUT2D eigenvalue weighted by atomic mass is 16.2. The third kappa shape index (κ3) is 4.74. The number of nitrogens with zero attached hydrogens (tertiary/aromatic N) is 3. The summed E-state index contributed by atoms with van der Waals surface area (Å²) in [5.41, 5.74) is 5.49. The topological polar surface area (TPSA) is 58.1 Å². The summed E-state index contributed by atoms with van der Waals surface area (Å²) in [4.78, 5) is 23.8. The second-order valence-corrected chi connectivity index (χ2v) is 6.97. The Kier molecular flexibility index (Phi) is 6.04. The molecule has 3 rings (SSSR count). The van der Waals surface area contributed by atoms with E-state index in [0.717, 1.165) is 22.5 Å². The Balaban J connectivity index is 1.84. The second kappa shape index (κ2) is 8.65. The van der Waals surface area contributed by atoms with Gasteiger partial charge in [-0.3, -0.25) is 4.79 Å². The molecule has 1 heterocycles. The highest BCUT2D eigenvalue weighted by Gasteiger charge is 2.18. The van der Waals surface area contributed by atoms with Crippen LogP contribution in [0.3, 0.4) is 0 Å². The van der Waals surface area contributed by atoms with Crippen LogP contribution in [-0.4, -0.2) is 27.3 Å². The Labute approximate surface area is 166 Å². The molecule has 0 aliphatic heterocycles. The van der Waals surface area contributed by atoms with Crippen LogP contribution in [0.25, 0.3) is 0 Å². The lowest BCUT2D eigenvalue weighted by Crippen LogP contribution is -2.31. The molecule has 0 radical (unpaired) electrons. The van der Waals surface area contributed by atoms with Gasteiger partial charge in [0.25, 0.3) is 5.91 Å². The van der Waals surface area contributed by atoms with Crippen LogP contribution in [-0.2, 0) is 6.54 Å². The molecule has 5 heteroatoms. The molecule has 0 bridgehead atoms. The average Bonchev–Trinajstić information content (AvgIpc) is 2.68. The third-order valence-electron chi connectivity index (χ3n) is 4.59. The van der Waals surface area contributed by atoms with Gasteiger partial charge in [0.1, 0.15) is 5.69 Å². The molecule has 0 aliphatic rings. The lowest BCUT2D eigenvalue weighted by molar-refractivity contribution is 0.0746. The summed E-state index contributed by atoms with van der Waals surface area (Å²) >= 11 is 0. The summed E-state index contributed by atoms with van der Waals surface area (Å²) in [7, 11) is 0. The van der Waals surface area contributed by atoms with E-state index in [1.54, 1.807) is 11.0 Å². The Hall–Kier alpha value is -3.21. The van der Waals surface area contributed by atoms with E-state index in [2.05, 4.69) is 28.3 Å². The molecule has 2 aromatic carbocycles. The number of aryl methyl sites for hydroxylation is 3. The Bertz CT molecular complexity index is 970. The normalized spacial score (nSPS) is 10.6. The Morgan fingerprint density at radius 1 is 1.00 bits per heavy atom. The van der Waals surface area contributed by atoms with Gasteiger partial charge in [-0.1, -0.05) is 48.0 Å². The summed E-state index contributed by atoms with van der Waals surface area (Å²) in [5, 5.41) is 3.25. The smallest absolute Gasteiger partial charge is 0.272 e. The van der Waals surface area contributed by atoms with Crippen LogP contribution >= 0.6 is 0 Å². The van der Waals surface area contributed by atoms with Gasteiger partial charge in [0, 0.05) is 24.5 Å². The van der Waals surface area contributed by atoms with Crippen molar-refractivity contribution >= 4 is 17.5 Å². The number of rotatable bonds is 6. The lowest BCUT2D eigenvalue weighted by Gasteiger charge is -2.21. The monoisotopic (exact) mass is 374 g/mol. The first-order valence-electron chi connectivity index (χ1n) is 9.49. The van der Waals surface area contributed by atoms with Crippen molar-refractivity contribution in [2.45, 2.75) is 34.2 Å². The zero-order valence-electron chi connectivity index (χ0n) is 16.9. The SMILES string of the molecule is CCN(Cc1ccccc1)C(=O)c1cc(C)nc(Nc2ccc(C)cc2C)n1. The molecule has 0 unspecified atom stereocenters. The minimum Gasteiger partial charge on any atom is -0.333 e. The maximum atomic E-state index is 13.1. The number of nitrogens with one attached hydrogen (secondary N) is 1. The molecule has 1 aromatic heterocycles. The van der Waals surface area contributed by atoms with E-state index in [1.807, 2.05) is 63.2 Å². The Morgan fingerprint density at radius 2 is 1.75 bits per heavy atom. The van der Waals surface area contributed by atoms with Crippen LogP contribution in [0.5, 0.6) is 0 Å². The molecule has 0 spiro atoms. The number of carbonyl (C=O) groups excluding carboxylic acids is 1. The highest BCUT2D eigenvalue weighted by Crippen LogP contribution is 2.20. The zero-order chi connectivity index (χ0) is 20.1. The lowest BCUT2D eigenvalue weighted by atomic mass is 10.1. The third-order valence-corrected chi connectivity index (χ3v) is 4.59. The first-order chi connectivity index (χ1) is 13.5. The van der Waals surface area contributed by atoms with E-state index in [4.69, 9.17) is 0 Å². The maximum Gasteiger partial charge on any atom is 0.272 e. The number of carbonyl (C=O) groups is 1. The number of anilines is 2. The maximum absolute atomic E-state index is 13.1. The van der Waals surface area contributed by atoms with Crippen LogP contribution in [0.1, 0.15) is 39.8 Å². The van der Waals surface area contributed by atoms with Gasteiger partial charge in [-0.2, -0.15) is 0 Å². The number of amides is 1. The average molecular weight is 374 g/mol. The fourth-order valence-electron chi connectivity index (χ4n) is 3.10. The molecule has 3 aromatic rings. The van der Waals surface area contributed by atoms with Gasteiger partial charge in [0.15, 0.2) is 0 Å². The van der Waals surface area contributed by atoms with E-state index >= 15 is 0 Å². The van der Waals surface area contributed by atoms with E-state index in [0.29, 0.717) is 24.7 Å². The molecule has 0 saturated heterocycles. The fraction of sp³-hybridized carbons (Fsp3) is 0.261. The summed E-state index contributed by atoms with van der Waals surface area (Å²) in [5.74, 6) is 0.339. The van der Waals surface area contributed by atoms with Crippen LogP contribution < -0.4 is 5.32 Å². The van der Waals surface area contributed by atoms with Gasteiger partial charge in [-0.05, 0) is 51.0 Å². The standard InChI is InChI=1S/C23H26N4O/c1-5-27(15-19-9-7-6-8-10-19)22(28)21-14-18(4)24-23(26-21)25-20-12-11-16(2)13-17(20)3/h6-14H,5,15H2,1-4H3,(H,24,25,26). The summed E-state index contributed by atoms with van der Waals surface area (Å²) in [6.45, 7) is 9.11. The van der Waals surface area contributed by atoms with Gasteiger partial charge >= 0.3 is 0 Å². The largest absolute Gasteiger partial charge is 0.333 e. The minimum atomic E-state index is -0.0967. The van der Waals surface area contributed by atoms with Crippen molar-refractivity contribution < 1.29 is 4.79 Å². The number of aromatic nitrogens is 2. The van der Waals surface area contributed by atoms with E-state index < -0.39 is 0 Å². The fourth-order valence-corrected chi connectivity index (χ4v) is 3.10. The van der Waals surface area contributed by atoms with Crippen LogP contribution in [0, 0.1) is 20.8 Å². The number of benzene rings is 2. The van der Waals surface area contributed by atoms with Crippen molar-refractivity contribution in [2.24, 2.45) is 0 Å². The molecular weight excluding hydrogens is 348 g/mol. The van der Waals surface area contributed by atoms with Crippen LogP contribution in [0.4, 0.5) is 11.6 Å². The van der Waals surface area contributed by atoms with E-state index in [-0.39, 0.29) is 5.91 Å². The Morgan fingerprint density at radius 3 is 2.43 bits per heavy atom. The second-order valence-electron chi connectivity index (χ2n) is 6.97. The summed E-state index contributed by atoms with van der Waals surface area (Å²) < 4.78 is 0. The van der Waals surface area contributed by atoms with Gasteiger partial charge in [0.05, 0.1) is 0 Å². The van der Waals surface area contributed by atoms with Gasteiger partial charge < -0.3 is 10.2 Å². The quantitative estimate of drug-likeness (QED) is 0.673. The van der Waals surface area contributed by atoms with Crippen molar-refractivity contribution in [1.29, 1.82) is 0 Å². The van der Waals surface area contributed by atoms with Crippen molar-refractivity contribution in [3.8, 4) is 0 Å². The first kappa shape index (κ1) is 19.5. The first-order valence-corrected chi connectivity index (χ1v) is 9.49. The molecule has 0 atom stereocenters. The zero-order valence-corrected chi connectivity index (χ0v) is 16.9. The van der Waals surface area contributed by atoms with E-state index in [9.17, 15) is 4.79 Å². The molecule has 28 heavy (non-hydrogen) atoms. The highest BCUT2D eigenvalue weighted by molar-refractivity contribution is 5.92. The molecule has 144 valence electrons. The van der Waals surface area contributed by atoms with Gasteiger partial charge in [-0.15, -0.1) is 0 Å². The molecular formula is C23H26N4O. The summed E-state index contributed by atoms with van der Waals surface area (Å²) in [6, 6.07) is 17.9. The van der Waals surface area contributed by atoms with Crippen molar-refractivity contribution in [1.82, 2.24) is 14.9 Å². The van der Waals surface area contributed by atoms with Crippen molar-refractivity contribution in [3.05, 3.63) is 82.7 Å². The molecule has 0 aliphatic carbocycles. The number of hydrogen-bond donors (Lipinski definition) is 1. The molecule has 5 nitrogen and oxygen atoms in total. The molecule has 0 saturated carbocycles. The van der Waals surface area contributed by atoms with Crippen molar-refractivity contribution in [2.75, 3.05) is 11.9 Å². The van der Waals surface area contributed by atoms with Crippen LogP contribution in [0.15, 0.2) is 54.6 Å². The van der Waals surface area contributed by atoms with E-state index in [1.165, 1.54) is 5.56 Å².